The van der Waals surface area contributed by atoms with Crippen molar-refractivity contribution in [1.29, 1.82) is 0 Å². The predicted molar refractivity (Wildman–Crippen MR) is 56.1 cm³/mol. The van der Waals surface area contributed by atoms with Crippen LogP contribution in [0.15, 0.2) is 12.1 Å². The smallest absolute Gasteiger partial charge is 0.151 e. The number of nitrogens with zero attached hydrogens (tertiary/aromatic N) is 3. The Kier molecular flexibility index (Phi) is 3.35. The van der Waals surface area contributed by atoms with Crippen molar-refractivity contribution in [3.8, 4) is 0 Å². The summed E-state index contributed by atoms with van der Waals surface area (Å²) in [5.41, 5.74) is 0. The molecule has 0 saturated carbocycles. The Morgan fingerprint density at radius 3 is 3.07 bits per heavy atom. The molecular weight excluding hydrogens is 218 g/mol. The van der Waals surface area contributed by atoms with E-state index in [0.717, 1.165) is 12.4 Å². The monoisotopic (exact) mass is 229 g/mol. The molecule has 0 aromatic carbocycles. The molecule has 0 radical (unpaired) electrons. The van der Waals surface area contributed by atoms with Crippen LogP contribution in [0.5, 0.6) is 0 Å². The van der Waals surface area contributed by atoms with E-state index in [2.05, 4.69) is 10.2 Å². The van der Waals surface area contributed by atoms with Gasteiger partial charge in [0.25, 0.3) is 0 Å². The van der Waals surface area contributed by atoms with Gasteiger partial charge in [0.05, 0.1) is 19.3 Å². The van der Waals surface area contributed by atoms with E-state index in [0.29, 0.717) is 18.3 Å². The van der Waals surface area contributed by atoms with E-state index in [1.165, 1.54) is 0 Å². The summed E-state index contributed by atoms with van der Waals surface area (Å²) in [4.78, 5) is 2.02. The highest BCUT2D eigenvalue weighted by Crippen LogP contribution is 2.15. The maximum Gasteiger partial charge on any atom is 0.151 e. The third-order valence-corrected chi connectivity index (χ3v) is 2.49. The number of aliphatic hydroxyl groups is 1. The Morgan fingerprint density at radius 2 is 2.40 bits per heavy atom. The minimum absolute atomic E-state index is 0.0253. The van der Waals surface area contributed by atoms with Crippen LogP contribution in [0.25, 0.3) is 0 Å². The quantitative estimate of drug-likeness (QED) is 0.792. The number of hydrogen-bond donors (Lipinski definition) is 1. The van der Waals surface area contributed by atoms with Gasteiger partial charge in [-0.3, -0.25) is 0 Å². The van der Waals surface area contributed by atoms with Crippen LogP contribution in [0.4, 0.5) is 5.82 Å². The molecule has 1 saturated heterocycles. The largest absolute Gasteiger partial charge is 0.394 e. The lowest BCUT2D eigenvalue weighted by Crippen LogP contribution is -2.44. The first-order valence-corrected chi connectivity index (χ1v) is 5.14. The Balaban J connectivity index is 2.06. The minimum Gasteiger partial charge on any atom is -0.394 e. The normalized spacial score (nSPS) is 21.7. The summed E-state index contributed by atoms with van der Waals surface area (Å²) < 4.78 is 5.34. The Hall–Kier alpha value is -0.910. The van der Waals surface area contributed by atoms with Crippen LogP contribution in [-0.2, 0) is 4.74 Å². The summed E-state index contributed by atoms with van der Waals surface area (Å²) in [6, 6.07) is 3.52. The third-order valence-electron chi connectivity index (χ3n) is 2.28. The van der Waals surface area contributed by atoms with Crippen LogP contribution in [0.1, 0.15) is 0 Å². The van der Waals surface area contributed by atoms with Gasteiger partial charge in [-0.05, 0) is 12.1 Å². The van der Waals surface area contributed by atoms with E-state index in [9.17, 15) is 0 Å². The molecular formula is C9H12ClN3O2. The summed E-state index contributed by atoms with van der Waals surface area (Å²) in [7, 11) is 0. The molecule has 15 heavy (non-hydrogen) atoms. The highest BCUT2D eigenvalue weighted by atomic mass is 35.5. The minimum atomic E-state index is -0.142. The number of aliphatic hydroxyl groups excluding tert-OH is 1. The van der Waals surface area contributed by atoms with Gasteiger partial charge in [-0.15, -0.1) is 10.2 Å². The molecule has 6 heteroatoms. The number of hydrogen-bond acceptors (Lipinski definition) is 5. The molecule has 0 amide bonds. The average molecular weight is 230 g/mol. The van der Waals surface area contributed by atoms with E-state index in [4.69, 9.17) is 21.4 Å². The number of ether oxygens (including phenoxy) is 1. The Bertz CT molecular complexity index is 320. The molecule has 1 aliphatic rings. The van der Waals surface area contributed by atoms with Crippen molar-refractivity contribution in [2.75, 3.05) is 31.2 Å². The van der Waals surface area contributed by atoms with Gasteiger partial charge in [-0.1, -0.05) is 11.6 Å². The number of halogens is 1. The molecule has 2 heterocycles. The first-order chi connectivity index (χ1) is 7.29. The molecule has 82 valence electrons. The molecule has 1 N–H and O–H groups in total. The molecule has 0 spiro atoms. The molecule has 1 aliphatic heterocycles. The first kappa shape index (κ1) is 10.6. The zero-order valence-electron chi connectivity index (χ0n) is 8.14. The van der Waals surface area contributed by atoms with Crippen molar-refractivity contribution in [1.82, 2.24) is 10.2 Å². The fourth-order valence-corrected chi connectivity index (χ4v) is 1.62. The lowest BCUT2D eigenvalue weighted by atomic mass is 10.3. The molecule has 0 unspecified atom stereocenters. The fourth-order valence-electron chi connectivity index (χ4n) is 1.52. The maximum absolute atomic E-state index is 8.99. The molecule has 1 atom stereocenters. The topological polar surface area (TPSA) is 58.5 Å². The predicted octanol–water partition coefficient (Wildman–Crippen LogP) is 0.327. The van der Waals surface area contributed by atoms with Crippen LogP contribution in [0.2, 0.25) is 5.15 Å². The van der Waals surface area contributed by atoms with Crippen LogP contribution >= 0.6 is 11.6 Å². The van der Waals surface area contributed by atoms with E-state index in [1.54, 1.807) is 6.07 Å². The van der Waals surface area contributed by atoms with E-state index in [-0.39, 0.29) is 12.7 Å². The van der Waals surface area contributed by atoms with Crippen molar-refractivity contribution in [2.45, 2.75) is 6.10 Å². The summed E-state index contributed by atoms with van der Waals surface area (Å²) in [5, 5.41) is 17.1. The van der Waals surface area contributed by atoms with Crippen LogP contribution < -0.4 is 4.90 Å². The lowest BCUT2D eigenvalue weighted by molar-refractivity contribution is 0.00332. The van der Waals surface area contributed by atoms with E-state index < -0.39 is 0 Å². The van der Waals surface area contributed by atoms with Gasteiger partial charge >= 0.3 is 0 Å². The summed E-state index contributed by atoms with van der Waals surface area (Å²) in [6.07, 6.45) is -0.142. The first-order valence-electron chi connectivity index (χ1n) is 4.76. The molecule has 2 rings (SSSR count). The van der Waals surface area contributed by atoms with E-state index in [1.807, 2.05) is 11.0 Å². The van der Waals surface area contributed by atoms with Crippen LogP contribution in [-0.4, -0.2) is 47.7 Å². The van der Waals surface area contributed by atoms with Gasteiger partial charge in [0.1, 0.15) is 0 Å². The Morgan fingerprint density at radius 1 is 1.53 bits per heavy atom. The van der Waals surface area contributed by atoms with Gasteiger partial charge in [-0.25, -0.2) is 0 Å². The SMILES string of the molecule is OC[C@H]1CN(c2ccc(Cl)nn2)CCO1. The van der Waals surface area contributed by atoms with Gasteiger partial charge in [0, 0.05) is 13.1 Å². The molecule has 0 aliphatic carbocycles. The number of aromatic nitrogens is 2. The van der Waals surface area contributed by atoms with Crippen molar-refractivity contribution >= 4 is 17.4 Å². The average Bonchev–Trinajstić information content (AvgIpc) is 2.30. The second-order valence-corrected chi connectivity index (χ2v) is 3.72. The Labute approximate surface area is 92.6 Å². The van der Waals surface area contributed by atoms with Crippen molar-refractivity contribution in [2.24, 2.45) is 0 Å². The standard InChI is InChI=1S/C9H12ClN3O2/c10-8-1-2-9(12-11-8)13-3-4-15-7(5-13)6-14/h1-2,7,14H,3-6H2/t7-/m1/s1. The molecule has 1 aromatic heterocycles. The van der Waals surface area contributed by atoms with Crippen LogP contribution in [0.3, 0.4) is 0 Å². The maximum atomic E-state index is 8.99. The van der Waals surface area contributed by atoms with E-state index >= 15 is 0 Å². The molecule has 0 bridgehead atoms. The lowest BCUT2D eigenvalue weighted by Gasteiger charge is -2.32. The second kappa shape index (κ2) is 4.74. The zero-order valence-corrected chi connectivity index (χ0v) is 8.89. The molecule has 5 nitrogen and oxygen atoms in total. The van der Waals surface area contributed by atoms with Gasteiger partial charge in [0.2, 0.25) is 0 Å². The molecule has 1 aromatic rings. The summed E-state index contributed by atoms with van der Waals surface area (Å²) >= 11 is 5.65. The summed E-state index contributed by atoms with van der Waals surface area (Å²) in [6.45, 7) is 2.01. The fraction of sp³-hybridized carbons (Fsp3) is 0.556. The number of morpholine rings is 1. The summed E-state index contributed by atoms with van der Waals surface area (Å²) in [5.74, 6) is 0.765. The van der Waals surface area contributed by atoms with Crippen LogP contribution in [0, 0.1) is 0 Å². The van der Waals surface area contributed by atoms with Crippen molar-refractivity contribution < 1.29 is 9.84 Å². The van der Waals surface area contributed by atoms with Crippen molar-refractivity contribution in [3.63, 3.8) is 0 Å². The van der Waals surface area contributed by atoms with Gasteiger partial charge in [-0.2, -0.15) is 0 Å². The highest BCUT2D eigenvalue weighted by molar-refractivity contribution is 6.29. The highest BCUT2D eigenvalue weighted by Gasteiger charge is 2.20. The van der Waals surface area contributed by atoms with Gasteiger partial charge in [0.15, 0.2) is 11.0 Å². The van der Waals surface area contributed by atoms with Crippen molar-refractivity contribution in [3.05, 3.63) is 17.3 Å². The zero-order chi connectivity index (χ0) is 10.7. The van der Waals surface area contributed by atoms with Gasteiger partial charge < -0.3 is 14.7 Å². The second-order valence-electron chi connectivity index (χ2n) is 3.34. The third kappa shape index (κ3) is 2.56. The molecule has 1 fully saturated rings. The number of anilines is 1. The number of rotatable bonds is 2.